The number of nitrogens with zero attached hydrogens (tertiary/aromatic N) is 1. The van der Waals surface area contributed by atoms with Crippen LogP contribution in [0.4, 0.5) is 0 Å². The molecule has 2 amide bonds. The molecule has 0 aromatic heterocycles. The van der Waals surface area contributed by atoms with E-state index in [0.29, 0.717) is 11.1 Å². The van der Waals surface area contributed by atoms with E-state index in [1.165, 1.54) is 23.8 Å². The van der Waals surface area contributed by atoms with Crippen molar-refractivity contribution in [3.8, 4) is 11.5 Å². The van der Waals surface area contributed by atoms with Gasteiger partial charge in [-0.15, -0.1) is 11.8 Å². The van der Waals surface area contributed by atoms with Gasteiger partial charge in [0, 0.05) is 35.0 Å². The molecular formula is C31H32N2O7S2. The lowest BCUT2D eigenvalue weighted by molar-refractivity contribution is -0.145. The van der Waals surface area contributed by atoms with E-state index in [-0.39, 0.29) is 34.5 Å². The van der Waals surface area contributed by atoms with Gasteiger partial charge >= 0.3 is 5.97 Å². The summed E-state index contributed by atoms with van der Waals surface area (Å²) in [5.74, 6) is -2.43. The largest absolute Gasteiger partial charge is 0.504 e. The molecule has 0 saturated carbocycles. The number of amides is 2. The van der Waals surface area contributed by atoms with Crippen LogP contribution in [0.1, 0.15) is 33.8 Å². The van der Waals surface area contributed by atoms with Crippen LogP contribution in [0.25, 0.3) is 0 Å². The molecule has 9 nitrogen and oxygen atoms in total. The number of ether oxygens (including phenoxy) is 1. The molecule has 0 radical (unpaired) electrons. The number of methoxy groups -OCH3 is 1. The molecule has 1 saturated heterocycles. The number of carboxylic acid groups (broad SMARTS) is 1. The van der Waals surface area contributed by atoms with Crippen LogP contribution in [0.5, 0.6) is 11.5 Å². The molecule has 42 heavy (non-hydrogen) atoms. The fraction of sp³-hybridized carbons (Fsp3) is 0.290. The van der Waals surface area contributed by atoms with Crippen LogP contribution in [0.2, 0.25) is 0 Å². The maximum Gasteiger partial charge on any atom is 0.326 e. The monoisotopic (exact) mass is 608 g/mol. The third-order valence-corrected chi connectivity index (χ3v) is 9.34. The summed E-state index contributed by atoms with van der Waals surface area (Å²) < 4.78 is 5.26. The number of para-hydroxylation sites is 1. The van der Waals surface area contributed by atoms with Crippen LogP contribution in [-0.2, 0) is 20.8 Å². The molecular weight excluding hydrogens is 576 g/mol. The maximum atomic E-state index is 13.9. The van der Waals surface area contributed by atoms with E-state index >= 15 is 0 Å². The highest BCUT2D eigenvalue weighted by Crippen LogP contribution is 2.47. The van der Waals surface area contributed by atoms with Gasteiger partial charge in [-0.3, -0.25) is 14.4 Å². The van der Waals surface area contributed by atoms with Gasteiger partial charge in [-0.2, -0.15) is 0 Å². The van der Waals surface area contributed by atoms with Crippen molar-refractivity contribution in [1.29, 1.82) is 0 Å². The number of thioether (sulfide) groups is 2. The topological polar surface area (TPSA) is 133 Å². The van der Waals surface area contributed by atoms with Gasteiger partial charge in [-0.05, 0) is 11.6 Å². The number of carbonyl (C=O) groups excluding carboxylic acids is 3. The first-order valence-corrected chi connectivity index (χ1v) is 15.3. The Kier molecular flexibility index (Phi) is 10.5. The standard InChI is InChI=1S/C31H32N2O7S2/c1-19(17-42-31(39)21-12-7-4-8-13-21)28(36)33-24(18-41-29(33)22-14-9-15-25(40-2)26(22)34)27(35)32-23(30(37)38)16-20-10-5-3-6-11-20/h3-15,19,23-24,29,34H,16-18H2,1-2H3,(H,32,35)(H,37,38)/t19-,23+,24+,29+/m1/s1. The third kappa shape index (κ3) is 7.27. The Morgan fingerprint density at radius 3 is 2.33 bits per heavy atom. The second-order valence-corrected chi connectivity index (χ2v) is 11.9. The quantitative estimate of drug-likeness (QED) is 0.290. The molecule has 220 valence electrons. The number of carbonyl (C=O) groups is 4. The Morgan fingerprint density at radius 2 is 1.69 bits per heavy atom. The average molecular weight is 609 g/mol. The van der Waals surface area contributed by atoms with E-state index in [2.05, 4.69) is 5.32 Å². The normalized spacial score (nSPS) is 17.7. The lowest BCUT2D eigenvalue weighted by atomic mass is 10.0. The minimum Gasteiger partial charge on any atom is -0.504 e. The van der Waals surface area contributed by atoms with Crippen LogP contribution in [0.3, 0.4) is 0 Å². The first kappa shape index (κ1) is 31.0. The Balaban J connectivity index is 1.57. The molecule has 1 heterocycles. The van der Waals surface area contributed by atoms with Crippen molar-refractivity contribution in [3.63, 3.8) is 0 Å². The fourth-order valence-corrected chi connectivity index (χ4v) is 6.93. The van der Waals surface area contributed by atoms with Gasteiger partial charge in [0.25, 0.3) is 0 Å². The SMILES string of the molecule is COc1cccc([C@@H]2SC[C@@H](C(=O)N[C@@H](Cc3ccccc3)C(=O)O)N2C(=O)[C@H](C)CSC(=O)c2ccccc2)c1O. The fourth-order valence-electron chi connectivity index (χ4n) is 4.62. The summed E-state index contributed by atoms with van der Waals surface area (Å²) in [6, 6.07) is 20.4. The molecule has 0 aliphatic carbocycles. The number of nitrogens with one attached hydrogen (secondary N) is 1. The molecule has 1 fully saturated rings. The zero-order valence-electron chi connectivity index (χ0n) is 23.1. The van der Waals surface area contributed by atoms with Crippen molar-refractivity contribution in [1.82, 2.24) is 10.2 Å². The summed E-state index contributed by atoms with van der Waals surface area (Å²) in [6.07, 6.45) is 0.0739. The second-order valence-electron chi connectivity index (χ2n) is 9.80. The highest BCUT2D eigenvalue weighted by Gasteiger charge is 2.45. The van der Waals surface area contributed by atoms with Crippen LogP contribution in [0, 0.1) is 5.92 Å². The van der Waals surface area contributed by atoms with Gasteiger partial charge in [0.05, 0.1) is 7.11 Å². The molecule has 3 aromatic carbocycles. The molecule has 1 aliphatic rings. The maximum absolute atomic E-state index is 13.9. The van der Waals surface area contributed by atoms with Gasteiger partial charge in [0.15, 0.2) is 11.5 Å². The van der Waals surface area contributed by atoms with Crippen molar-refractivity contribution >= 4 is 46.4 Å². The number of carboxylic acids is 1. The zero-order valence-corrected chi connectivity index (χ0v) is 24.8. The summed E-state index contributed by atoms with van der Waals surface area (Å²) in [5, 5.41) is 22.4. The number of phenols is 1. The Labute approximate surface area is 252 Å². The van der Waals surface area contributed by atoms with Crippen molar-refractivity contribution in [2.24, 2.45) is 5.92 Å². The number of rotatable bonds is 11. The summed E-state index contributed by atoms with van der Waals surface area (Å²) in [7, 11) is 1.42. The molecule has 0 bridgehead atoms. The number of hydrogen-bond acceptors (Lipinski definition) is 8. The van der Waals surface area contributed by atoms with Crippen LogP contribution in [0.15, 0.2) is 78.9 Å². The van der Waals surface area contributed by atoms with Gasteiger partial charge in [-0.1, -0.05) is 91.5 Å². The number of aliphatic carboxylic acids is 1. The van der Waals surface area contributed by atoms with Crippen LogP contribution < -0.4 is 10.1 Å². The lowest BCUT2D eigenvalue weighted by Crippen LogP contribution is -2.53. The van der Waals surface area contributed by atoms with E-state index in [4.69, 9.17) is 4.74 Å². The molecule has 0 spiro atoms. The number of aromatic hydroxyl groups is 1. The smallest absolute Gasteiger partial charge is 0.326 e. The Hall–Kier alpha value is -3.96. The van der Waals surface area contributed by atoms with E-state index in [9.17, 15) is 29.4 Å². The second kappa shape index (κ2) is 14.3. The summed E-state index contributed by atoms with van der Waals surface area (Å²) >= 11 is 2.30. The lowest BCUT2D eigenvalue weighted by Gasteiger charge is -2.32. The molecule has 1 aliphatic heterocycles. The van der Waals surface area contributed by atoms with E-state index in [0.717, 1.165) is 17.3 Å². The summed E-state index contributed by atoms with van der Waals surface area (Å²) in [6.45, 7) is 1.68. The predicted octanol–water partition coefficient (Wildman–Crippen LogP) is 4.37. The highest BCUT2D eigenvalue weighted by atomic mass is 32.2. The molecule has 4 atom stereocenters. The molecule has 3 aromatic rings. The van der Waals surface area contributed by atoms with Crippen molar-refractivity contribution in [3.05, 3.63) is 95.6 Å². The molecule has 0 unspecified atom stereocenters. The minimum atomic E-state index is -1.21. The minimum absolute atomic E-state index is 0.0739. The summed E-state index contributed by atoms with van der Waals surface area (Å²) in [5.41, 5.74) is 1.66. The van der Waals surface area contributed by atoms with E-state index < -0.39 is 41.2 Å². The third-order valence-electron chi connectivity index (χ3n) is 6.87. The van der Waals surface area contributed by atoms with Crippen molar-refractivity contribution in [2.45, 2.75) is 30.8 Å². The molecule has 11 heteroatoms. The van der Waals surface area contributed by atoms with E-state index in [1.807, 2.05) is 12.1 Å². The predicted molar refractivity (Wildman–Crippen MR) is 163 cm³/mol. The Bertz CT molecular complexity index is 1420. The molecule has 3 N–H and O–H groups in total. The Morgan fingerprint density at radius 1 is 1.02 bits per heavy atom. The van der Waals surface area contributed by atoms with Crippen molar-refractivity contribution in [2.75, 3.05) is 18.6 Å². The van der Waals surface area contributed by atoms with Gasteiger partial charge in [0.1, 0.15) is 17.5 Å². The number of benzene rings is 3. The zero-order chi connectivity index (χ0) is 30.2. The first-order chi connectivity index (χ1) is 20.2. The van der Waals surface area contributed by atoms with Gasteiger partial charge in [-0.25, -0.2) is 4.79 Å². The van der Waals surface area contributed by atoms with E-state index in [1.54, 1.807) is 73.7 Å². The number of hydrogen-bond donors (Lipinski definition) is 3. The first-order valence-electron chi connectivity index (χ1n) is 13.3. The van der Waals surface area contributed by atoms with Crippen LogP contribution >= 0.6 is 23.5 Å². The summed E-state index contributed by atoms with van der Waals surface area (Å²) in [4.78, 5) is 53.7. The average Bonchev–Trinajstić information content (AvgIpc) is 3.45. The molecule has 4 rings (SSSR count). The van der Waals surface area contributed by atoms with Gasteiger partial charge < -0.3 is 25.2 Å². The van der Waals surface area contributed by atoms with Gasteiger partial charge in [0.2, 0.25) is 16.9 Å². The van der Waals surface area contributed by atoms with Crippen molar-refractivity contribution < 1.29 is 34.1 Å². The van der Waals surface area contributed by atoms with Crippen LogP contribution in [-0.4, -0.2) is 68.7 Å². The number of phenolic OH excluding ortho intramolecular Hbond substituents is 1. The highest BCUT2D eigenvalue weighted by molar-refractivity contribution is 8.14.